The number of nitrogens with one attached hydrogen (secondary N) is 1. The van der Waals surface area contributed by atoms with Gasteiger partial charge in [-0.25, -0.2) is 5.43 Å². The average molecular weight is 384 g/mol. The molecule has 0 heterocycles. The van der Waals surface area contributed by atoms with E-state index in [4.69, 9.17) is 14.2 Å². The van der Waals surface area contributed by atoms with E-state index >= 15 is 0 Å². The lowest BCUT2D eigenvalue weighted by molar-refractivity contribution is 0.0955. The van der Waals surface area contributed by atoms with E-state index in [1.165, 1.54) is 0 Å². The fourth-order valence-corrected chi connectivity index (χ4v) is 2.42. The van der Waals surface area contributed by atoms with Crippen LogP contribution in [0.15, 0.2) is 47.6 Å². The molecule has 28 heavy (non-hydrogen) atoms. The van der Waals surface area contributed by atoms with Gasteiger partial charge in [-0.2, -0.15) is 5.10 Å². The first kappa shape index (κ1) is 21.3. The molecule has 0 radical (unpaired) electrons. The molecule has 6 nitrogen and oxygen atoms in total. The Kier molecular flexibility index (Phi) is 7.87. The molecule has 2 aromatic rings. The molecule has 0 aliphatic rings. The second-order valence-electron chi connectivity index (χ2n) is 6.69. The van der Waals surface area contributed by atoms with Crippen LogP contribution >= 0.6 is 0 Å². The monoisotopic (exact) mass is 384 g/mol. The summed E-state index contributed by atoms with van der Waals surface area (Å²) in [5.74, 6) is 1.79. The molecule has 1 N–H and O–H groups in total. The largest absolute Gasteiger partial charge is 0.494 e. The zero-order chi connectivity index (χ0) is 20.5. The summed E-state index contributed by atoms with van der Waals surface area (Å²) in [4.78, 5) is 12.2. The lowest BCUT2D eigenvalue weighted by Gasteiger charge is -2.15. The maximum Gasteiger partial charge on any atom is 0.271 e. The molecule has 0 aliphatic heterocycles. The van der Waals surface area contributed by atoms with Crippen LogP contribution in [0, 0.1) is 0 Å². The van der Waals surface area contributed by atoms with Gasteiger partial charge < -0.3 is 14.2 Å². The van der Waals surface area contributed by atoms with Crippen molar-refractivity contribution in [2.75, 3.05) is 6.61 Å². The minimum Gasteiger partial charge on any atom is -0.494 e. The number of hydrogen-bond acceptors (Lipinski definition) is 5. The summed E-state index contributed by atoms with van der Waals surface area (Å²) in [7, 11) is 0. The molecular weight excluding hydrogens is 356 g/mol. The number of hydrazone groups is 1. The van der Waals surface area contributed by atoms with Crippen LogP contribution in [0.1, 0.15) is 50.5 Å². The maximum atomic E-state index is 12.2. The number of hydrogen-bond donors (Lipinski definition) is 1. The molecule has 150 valence electrons. The highest BCUT2D eigenvalue weighted by Gasteiger charge is 2.09. The van der Waals surface area contributed by atoms with Crippen LogP contribution in [-0.4, -0.2) is 30.9 Å². The summed E-state index contributed by atoms with van der Waals surface area (Å²) < 4.78 is 16.9. The van der Waals surface area contributed by atoms with Crippen molar-refractivity contribution in [3.8, 4) is 17.2 Å². The van der Waals surface area contributed by atoms with Gasteiger partial charge in [-0.3, -0.25) is 4.79 Å². The summed E-state index contributed by atoms with van der Waals surface area (Å²) in [6.45, 7) is 10.3. The molecule has 6 heteroatoms. The second kappa shape index (κ2) is 10.3. The smallest absolute Gasteiger partial charge is 0.271 e. The highest BCUT2D eigenvalue weighted by atomic mass is 16.5. The molecule has 2 aromatic carbocycles. The molecule has 0 aliphatic carbocycles. The summed E-state index contributed by atoms with van der Waals surface area (Å²) in [6, 6.07) is 12.4. The minimum absolute atomic E-state index is 0.0000969. The van der Waals surface area contributed by atoms with Gasteiger partial charge in [0.15, 0.2) is 0 Å². The first-order valence-corrected chi connectivity index (χ1v) is 9.42. The Labute approximate surface area is 166 Å². The fraction of sp³-hybridized carbons (Fsp3) is 0.364. The van der Waals surface area contributed by atoms with Crippen LogP contribution in [0.4, 0.5) is 0 Å². The number of benzene rings is 2. The van der Waals surface area contributed by atoms with Gasteiger partial charge >= 0.3 is 0 Å². The van der Waals surface area contributed by atoms with Gasteiger partial charge in [0.1, 0.15) is 17.2 Å². The third kappa shape index (κ3) is 6.61. The fourth-order valence-electron chi connectivity index (χ4n) is 2.42. The van der Waals surface area contributed by atoms with E-state index < -0.39 is 0 Å². The predicted molar refractivity (Wildman–Crippen MR) is 111 cm³/mol. The number of ether oxygens (including phenoxy) is 3. The molecule has 0 fully saturated rings. The normalized spacial score (nSPS) is 11.1. The standard InChI is InChI=1S/C22H28N2O4/c1-6-26-19-10-7-17(8-11-19)22(25)24-23-14-18-9-12-20(27-15(2)3)13-21(18)28-16(4)5/h7-16H,6H2,1-5H3,(H,24,25)/b23-14+. The summed E-state index contributed by atoms with van der Waals surface area (Å²) >= 11 is 0. The molecule has 0 saturated carbocycles. The first-order chi connectivity index (χ1) is 13.4. The zero-order valence-corrected chi connectivity index (χ0v) is 17.1. The molecular formula is C22H28N2O4. The Hall–Kier alpha value is -3.02. The quantitative estimate of drug-likeness (QED) is 0.513. The molecule has 0 atom stereocenters. The molecule has 0 aromatic heterocycles. The topological polar surface area (TPSA) is 69.2 Å². The van der Waals surface area contributed by atoms with E-state index in [0.717, 1.165) is 17.1 Å². The van der Waals surface area contributed by atoms with E-state index in [1.54, 1.807) is 30.5 Å². The number of carbonyl (C=O) groups is 1. The number of carbonyl (C=O) groups excluding carboxylic acids is 1. The van der Waals surface area contributed by atoms with Crippen LogP contribution in [0.2, 0.25) is 0 Å². The van der Waals surface area contributed by atoms with Gasteiger partial charge in [0.25, 0.3) is 5.91 Å². The van der Waals surface area contributed by atoms with Crippen LogP contribution < -0.4 is 19.6 Å². The van der Waals surface area contributed by atoms with Crippen LogP contribution in [-0.2, 0) is 0 Å². The zero-order valence-electron chi connectivity index (χ0n) is 17.1. The molecule has 2 rings (SSSR count). The Morgan fingerprint density at radius 3 is 2.25 bits per heavy atom. The third-order valence-electron chi connectivity index (χ3n) is 3.52. The number of nitrogens with zero attached hydrogens (tertiary/aromatic N) is 1. The highest BCUT2D eigenvalue weighted by Crippen LogP contribution is 2.25. The lowest BCUT2D eigenvalue weighted by atomic mass is 10.2. The van der Waals surface area contributed by atoms with Gasteiger partial charge in [-0.15, -0.1) is 0 Å². The van der Waals surface area contributed by atoms with Crippen LogP contribution in [0.25, 0.3) is 0 Å². The molecule has 1 amide bonds. The van der Waals surface area contributed by atoms with E-state index in [9.17, 15) is 4.79 Å². The maximum absolute atomic E-state index is 12.2. The highest BCUT2D eigenvalue weighted by molar-refractivity contribution is 5.95. The van der Waals surface area contributed by atoms with Crippen molar-refractivity contribution in [2.45, 2.75) is 46.8 Å². The van der Waals surface area contributed by atoms with Crippen molar-refractivity contribution in [1.29, 1.82) is 0 Å². The second-order valence-corrected chi connectivity index (χ2v) is 6.69. The number of rotatable bonds is 9. The van der Waals surface area contributed by atoms with E-state index in [1.807, 2.05) is 52.8 Å². The Bertz CT molecular complexity index is 799. The van der Waals surface area contributed by atoms with Gasteiger partial charge in [0.2, 0.25) is 0 Å². The molecule has 0 unspecified atom stereocenters. The molecule has 0 saturated heterocycles. The van der Waals surface area contributed by atoms with Crippen molar-refractivity contribution < 1.29 is 19.0 Å². The summed E-state index contributed by atoms with van der Waals surface area (Å²) in [5, 5.41) is 4.06. The average Bonchev–Trinajstić information content (AvgIpc) is 2.63. The van der Waals surface area contributed by atoms with Crippen molar-refractivity contribution in [3.63, 3.8) is 0 Å². The van der Waals surface area contributed by atoms with E-state index in [0.29, 0.717) is 17.9 Å². The Balaban J connectivity index is 2.08. The molecule has 0 spiro atoms. The van der Waals surface area contributed by atoms with E-state index in [2.05, 4.69) is 10.5 Å². The SMILES string of the molecule is CCOc1ccc(C(=O)N/N=C/c2ccc(OC(C)C)cc2OC(C)C)cc1. The van der Waals surface area contributed by atoms with Gasteiger partial charge in [0.05, 0.1) is 25.0 Å². The van der Waals surface area contributed by atoms with Gasteiger partial charge in [-0.05, 0) is 71.0 Å². The van der Waals surface area contributed by atoms with Crippen molar-refractivity contribution in [1.82, 2.24) is 5.43 Å². The molecule has 0 bridgehead atoms. The lowest BCUT2D eigenvalue weighted by Crippen LogP contribution is -2.17. The van der Waals surface area contributed by atoms with Crippen molar-refractivity contribution in [2.24, 2.45) is 5.10 Å². The summed E-state index contributed by atoms with van der Waals surface area (Å²) in [5.41, 5.74) is 3.78. The number of amides is 1. The Morgan fingerprint density at radius 2 is 1.64 bits per heavy atom. The van der Waals surface area contributed by atoms with Crippen LogP contribution in [0.3, 0.4) is 0 Å². The predicted octanol–water partition coefficient (Wildman–Crippen LogP) is 4.42. The first-order valence-electron chi connectivity index (χ1n) is 9.42. The third-order valence-corrected chi connectivity index (χ3v) is 3.52. The van der Waals surface area contributed by atoms with Crippen molar-refractivity contribution >= 4 is 12.1 Å². The minimum atomic E-state index is -0.301. The Morgan fingerprint density at radius 1 is 1.00 bits per heavy atom. The van der Waals surface area contributed by atoms with Crippen molar-refractivity contribution in [3.05, 3.63) is 53.6 Å². The van der Waals surface area contributed by atoms with Crippen LogP contribution in [0.5, 0.6) is 17.2 Å². The van der Waals surface area contributed by atoms with E-state index in [-0.39, 0.29) is 18.1 Å². The van der Waals surface area contributed by atoms with Gasteiger partial charge in [0, 0.05) is 17.2 Å². The summed E-state index contributed by atoms with van der Waals surface area (Å²) in [6.07, 6.45) is 1.63. The van der Waals surface area contributed by atoms with Gasteiger partial charge in [-0.1, -0.05) is 0 Å².